The van der Waals surface area contributed by atoms with E-state index in [2.05, 4.69) is 20.5 Å². The van der Waals surface area contributed by atoms with Gasteiger partial charge in [0.25, 0.3) is 0 Å². The van der Waals surface area contributed by atoms with Gasteiger partial charge in [-0.2, -0.15) is 5.10 Å². The Balaban J connectivity index is 1.50. The molecule has 28 heavy (non-hydrogen) atoms. The summed E-state index contributed by atoms with van der Waals surface area (Å²) in [5.74, 6) is 0.329. The van der Waals surface area contributed by atoms with Gasteiger partial charge in [-0.05, 0) is 62.5 Å². The van der Waals surface area contributed by atoms with Gasteiger partial charge in [0.05, 0.1) is 11.3 Å². The Kier molecular flexibility index (Phi) is 4.16. The number of nitrogens with one attached hydrogen (secondary N) is 2. The third-order valence-electron chi connectivity index (χ3n) is 5.47. The van der Waals surface area contributed by atoms with E-state index in [4.69, 9.17) is 4.74 Å². The van der Waals surface area contributed by atoms with E-state index >= 15 is 0 Å². The average molecular weight is 378 g/mol. The molecule has 0 bridgehead atoms. The maximum absolute atomic E-state index is 14.6. The third kappa shape index (κ3) is 2.88. The van der Waals surface area contributed by atoms with Crippen LogP contribution in [0.4, 0.5) is 4.39 Å². The quantitative estimate of drug-likeness (QED) is 0.684. The molecule has 0 spiro atoms. The lowest BCUT2D eigenvalue weighted by Crippen LogP contribution is -2.28. The maximum Gasteiger partial charge on any atom is 0.232 e. The molecule has 0 atom stereocenters. The fourth-order valence-corrected chi connectivity index (χ4v) is 3.96. The molecule has 0 amide bonds. The third-order valence-corrected chi connectivity index (χ3v) is 5.47. The van der Waals surface area contributed by atoms with Crippen molar-refractivity contribution < 1.29 is 13.9 Å². The number of hydrogen-bond donors (Lipinski definition) is 2. The van der Waals surface area contributed by atoms with Crippen molar-refractivity contribution in [3.8, 4) is 5.75 Å². The molecular weight excluding hydrogens is 359 g/mol. The lowest BCUT2D eigenvalue weighted by atomic mass is 9.89. The molecule has 0 unspecified atom stereocenters. The SMILES string of the molecule is O=C1C(=Cc2n[nH]c3ncccc23)Oc2c1ccc(F)c2CC1CCNCC1. The highest BCUT2D eigenvalue weighted by atomic mass is 19.1. The second-order valence-corrected chi connectivity index (χ2v) is 7.25. The lowest BCUT2D eigenvalue weighted by molar-refractivity contribution is 0.101. The second kappa shape index (κ2) is 6.83. The minimum Gasteiger partial charge on any atom is -0.452 e. The summed E-state index contributed by atoms with van der Waals surface area (Å²) in [5, 5.41) is 11.2. The van der Waals surface area contributed by atoms with E-state index < -0.39 is 0 Å². The predicted molar refractivity (Wildman–Crippen MR) is 103 cm³/mol. The van der Waals surface area contributed by atoms with Gasteiger partial charge in [0.1, 0.15) is 11.6 Å². The Morgan fingerprint density at radius 1 is 1.25 bits per heavy atom. The van der Waals surface area contributed by atoms with Gasteiger partial charge in [0, 0.05) is 23.2 Å². The van der Waals surface area contributed by atoms with E-state index in [1.807, 2.05) is 6.07 Å². The minimum absolute atomic E-state index is 0.157. The number of nitrogens with zero attached hydrogens (tertiary/aromatic N) is 2. The molecule has 5 rings (SSSR count). The number of piperidine rings is 1. The topological polar surface area (TPSA) is 79.9 Å². The van der Waals surface area contributed by atoms with Crippen LogP contribution >= 0.6 is 0 Å². The fourth-order valence-electron chi connectivity index (χ4n) is 3.96. The van der Waals surface area contributed by atoms with Crippen molar-refractivity contribution in [2.24, 2.45) is 5.92 Å². The van der Waals surface area contributed by atoms with Crippen LogP contribution < -0.4 is 10.1 Å². The van der Waals surface area contributed by atoms with Gasteiger partial charge >= 0.3 is 0 Å². The molecular formula is C21H19FN4O2. The monoisotopic (exact) mass is 378 g/mol. The van der Waals surface area contributed by atoms with Gasteiger partial charge < -0.3 is 10.1 Å². The predicted octanol–water partition coefficient (Wildman–Crippen LogP) is 3.26. The second-order valence-electron chi connectivity index (χ2n) is 7.25. The van der Waals surface area contributed by atoms with Crippen LogP contribution in [-0.4, -0.2) is 34.1 Å². The van der Waals surface area contributed by atoms with Gasteiger partial charge in [0.2, 0.25) is 5.78 Å². The summed E-state index contributed by atoms with van der Waals surface area (Å²) in [6, 6.07) is 6.54. The average Bonchev–Trinajstić information content (AvgIpc) is 3.27. The number of H-pyrrole nitrogens is 1. The molecule has 2 aliphatic rings. The van der Waals surface area contributed by atoms with Gasteiger partial charge in [-0.3, -0.25) is 9.89 Å². The standard InChI is InChI=1S/C21H19FN4O2/c22-16-4-3-14-19(27)18(11-17-13-2-1-7-24-21(13)26-25-17)28-20(14)15(16)10-12-5-8-23-9-6-12/h1-4,7,11-12,23H,5-6,8-10H2,(H,24,25,26). The number of rotatable bonds is 3. The first-order chi connectivity index (χ1) is 13.7. The van der Waals surface area contributed by atoms with Crippen LogP contribution in [0.25, 0.3) is 17.1 Å². The van der Waals surface area contributed by atoms with Crippen LogP contribution in [0.2, 0.25) is 0 Å². The van der Waals surface area contributed by atoms with Crippen LogP contribution in [-0.2, 0) is 6.42 Å². The number of pyridine rings is 1. The zero-order valence-corrected chi connectivity index (χ0v) is 15.2. The Labute approximate surface area is 160 Å². The number of halogens is 1. The molecule has 1 aromatic carbocycles. The van der Waals surface area contributed by atoms with Crippen molar-refractivity contribution in [2.45, 2.75) is 19.3 Å². The van der Waals surface area contributed by atoms with Crippen molar-refractivity contribution in [1.29, 1.82) is 0 Å². The number of ether oxygens (including phenoxy) is 1. The molecule has 7 heteroatoms. The zero-order valence-electron chi connectivity index (χ0n) is 15.2. The molecule has 6 nitrogen and oxygen atoms in total. The molecule has 2 aliphatic heterocycles. The Hall–Kier alpha value is -3.06. The van der Waals surface area contributed by atoms with Gasteiger partial charge in [-0.1, -0.05) is 0 Å². The number of carbonyl (C=O) groups excluding carboxylic acids is 1. The lowest BCUT2D eigenvalue weighted by Gasteiger charge is -2.23. The van der Waals surface area contributed by atoms with Crippen molar-refractivity contribution in [1.82, 2.24) is 20.5 Å². The molecule has 2 aromatic heterocycles. The number of allylic oxidation sites excluding steroid dienone is 1. The van der Waals surface area contributed by atoms with Crippen molar-refractivity contribution in [3.63, 3.8) is 0 Å². The van der Waals surface area contributed by atoms with Crippen LogP contribution in [0.3, 0.4) is 0 Å². The van der Waals surface area contributed by atoms with Crippen LogP contribution in [0.1, 0.15) is 34.5 Å². The Bertz CT molecular complexity index is 1100. The Morgan fingerprint density at radius 3 is 2.96 bits per heavy atom. The number of Topliss-reactive ketones (excluding diaryl/α,β-unsaturated/α-hetero) is 1. The molecule has 2 N–H and O–H groups in total. The largest absolute Gasteiger partial charge is 0.452 e. The normalized spacial score (nSPS) is 18.6. The first-order valence-electron chi connectivity index (χ1n) is 9.46. The Morgan fingerprint density at radius 2 is 2.11 bits per heavy atom. The van der Waals surface area contributed by atoms with Crippen molar-refractivity contribution in [2.75, 3.05) is 13.1 Å². The first-order valence-corrected chi connectivity index (χ1v) is 9.46. The highest BCUT2D eigenvalue weighted by Crippen LogP contribution is 2.38. The maximum atomic E-state index is 14.6. The van der Waals surface area contributed by atoms with E-state index in [9.17, 15) is 9.18 Å². The van der Waals surface area contributed by atoms with Gasteiger partial charge in [0.15, 0.2) is 11.4 Å². The first kappa shape index (κ1) is 17.1. The molecule has 1 saturated heterocycles. The highest BCUT2D eigenvalue weighted by molar-refractivity contribution is 6.15. The highest BCUT2D eigenvalue weighted by Gasteiger charge is 2.32. The summed E-state index contributed by atoms with van der Waals surface area (Å²) in [6.45, 7) is 1.87. The van der Waals surface area contributed by atoms with Gasteiger partial charge in [-0.15, -0.1) is 0 Å². The molecule has 142 valence electrons. The van der Waals surface area contributed by atoms with Crippen molar-refractivity contribution in [3.05, 3.63) is 58.9 Å². The smallest absolute Gasteiger partial charge is 0.232 e. The molecule has 3 aromatic rings. The van der Waals surface area contributed by atoms with E-state index in [-0.39, 0.29) is 17.4 Å². The van der Waals surface area contributed by atoms with Crippen molar-refractivity contribution >= 4 is 22.9 Å². The summed E-state index contributed by atoms with van der Waals surface area (Å²) >= 11 is 0. The zero-order chi connectivity index (χ0) is 19.1. The number of benzene rings is 1. The van der Waals surface area contributed by atoms with Gasteiger partial charge in [-0.25, -0.2) is 9.37 Å². The van der Waals surface area contributed by atoms with Crippen LogP contribution in [0, 0.1) is 11.7 Å². The summed E-state index contributed by atoms with van der Waals surface area (Å²) in [6.07, 6.45) is 5.82. The molecule has 0 aliphatic carbocycles. The molecule has 0 radical (unpaired) electrons. The minimum atomic E-state index is -0.319. The van der Waals surface area contributed by atoms with E-state index in [0.29, 0.717) is 40.6 Å². The molecule has 1 fully saturated rings. The number of hydrogen-bond acceptors (Lipinski definition) is 5. The molecule has 0 saturated carbocycles. The summed E-state index contributed by atoms with van der Waals surface area (Å²) in [5.41, 5.74) is 2.11. The fraction of sp³-hybridized carbons (Fsp3) is 0.286. The number of aromatic nitrogens is 3. The van der Waals surface area contributed by atoms with E-state index in [0.717, 1.165) is 31.3 Å². The summed E-state index contributed by atoms with van der Waals surface area (Å²) in [4.78, 5) is 17.0. The summed E-state index contributed by atoms with van der Waals surface area (Å²) < 4.78 is 20.5. The molecule has 4 heterocycles. The van der Waals surface area contributed by atoms with E-state index in [1.54, 1.807) is 18.3 Å². The number of carbonyl (C=O) groups is 1. The van der Waals surface area contributed by atoms with Crippen LogP contribution in [0.5, 0.6) is 5.75 Å². The van der Waals surface area contributed by atoms with Crippen LogP contribution in [0.15, 0.2) is 36.2 Å². The summed E-state index contributed by atoms with van der Waals surface area (Å²) in [7, 11) is 0. The number of ketones is 1. The number of aromatic amines is 1. The van der Waals surface area contributed by atoms with E-state index in [1.165, 1.54) is 12.1 Å². The number of fused-ring (bicyclic) bond motifs is 2.